The summed E-state index contributed by atoms with van der Waals surface area (Å²) in [6.07, 6.45) is 6.35. The Balaban J connectivity index is 1.73. The molecule has 0 spiro atoms. The third-order valence-corrected chi connectivity index (χ3v) is 6.42. The average Bonchev–Trinajstić information content (AvgIpc) is 2.93. The molecule has 0 bridgehead atoms. The molecule has 0 aliphatic carbocycles. The van der Waals surface area contributed by atoms with E-state index in [4.69, 9.17) is 10.4 Å². The van der Waals surface area contributed by atoms with Crippen molar-refractivity contribution in [2.75, 3.05) is 0 Å². The van der Waals surface area contributed by atoms with Crippen molar-refractivity contribution >= 4 is 17.1 Å². The summed E-state index contributed by atoms with van der Waals surface area (Å²) in [7, 11) is 0. The van der Waals surface area contributed by atoms with Gasteiger partial charge in [0.25, 0.3) is 0 Å². The van der Waals surface area contributed by atoms with Gasteiger partial charge >= 0.3 is 0 Å². The van der Waals surface area contributed by atoms with Gasteiger partial charge in [-0.1, -0.05) is 103 Å². The molecule has 178 valence electrons. The molecule has 4 rings (SSSR count). The van der Waals surface area contributed by atoms with E-state index in [9.17, 15) is 0 Å². The molecular weight excluding hydrogens is 436 g/mol. The monoisotopic (exact) mass is 468 g/mol. The van der Waals surface area contributed by atoms with Crippen LogP contribution in [-0.2, 0) is 0 Å². The summed E-state index contributed by atoms with van der Waals surface area (Å²) >= 11 is 0. The fourth-order valence-corrected chi connectivity index (χ4v) is 4.41. The van der Waals surface area contributed by atoms with Crippen LogP contribution in [-0.4, -0.2) is 11.5 Å². The van der Waals surface area contributed by atoms with E-state index in [0.29, 0.717) is 0 Å². The van der Waals surface area contributed by atoms with Crippen molar-refractivity contribution in [3.8, 4) is 22.3 Å². The first-order valence-electron chi connectivity index (χ1n) is 12.3. The van der Waals surface area contributed by atoms with Crippen LogP contribution >= 0.6 is 0 Å². The van der Waals surface area contributed by atoms with Crippen LogP contribution in [0.3, 0.4) is 0 Å². The fraction of sp³-hybridized carbons (Fsp3) is 0.118. The Morgan fingerprint density at radius 2 is 1.31 bits per heavy atom. The third kappa shape index (κ3) is 5.50. The van der Waals surface area contributed by atoms with Crippen molar-refractivity contribution in [2.24, 2.45) is 4.99 Å². The van der Waals surface area contributed by atoms with Gasteiger partial charge in [0, 0.05) is 11.3 Å². The molecule has 0 saturated carbocycles. The Labute approximate surface area is 214 Å². The maximum absolute atomic E-state index is 8.67. The molecule has 2 heteroatoms. The van der Waals surface area contributed by atoms with E-state index in [-0.39, 0.29) is 5.84 Å². The number of hydrogen-bond acceptors (Lipinski definition) is 1. The largest absolute Gasteiger partial charge is 0.282 e. The Hall–Kier alpha value is -4.30. The van der Waals surface area contributed by atoms with Gasteiger partial charge in [0.2, 0.25) is 0 Å². The van der Waals surface area contributed by atoms with Gasteiger partial charge in [-0.25, -0.2) is 4.99 Å². The number of amidine groups is 1. The van der Waals surface area contributed by atoms with Crippen LogP contribution in [0.1, 0.15) is 43.0 Å². The van der Waals surface area contributed by atoms with Gasteiger partial charge in [-0.15, -0.1) is 0 Å². The lowest BCUT2D eigenvalue weighted by Crippen LogP contribution is -2.04. The van der Waals surface area contributed by atoms with Crippen molar-refractivity contribution in [1.82, 2.24) is 0 Å². The summed E-state index contributed by atoms with van der Waals surface area (Å²) in [5.74, 6) is 0.259. The molecule has 1 N–H and O–H groups in total. The van der Waals surface area contributed by atoms with Gasteiger partial charge in [-0.2, -0.15) is 0 Å². The summed E-state index contributed by atoms with van der Waals surface area (Å²) < 4.78 is 0. The number of allylic oxidation sites excluding steroid dienone is 4. The normalized spacial score (nSPS) is 12.2. The van der Waals surface area contributed by atoms with E-state index in [1.807, 2.05) is 50.2 Å². The molecule has 0 atom stereocenters. The molecule has 0 aromatic heterocycles. The van der Waals surface area contributed by atoms with Gasteiger partial charge in [0.15, 0.2) is 5.84 Å². The van der Waals surface area contributed by atoms with E-state index >= 15 is 0 Å². The molecule has 36 heavy (non-hydrogen) atoms. The SMILES string of the molecule is C/C=C\C(=C/C)c1cc(C(C)=NC(=N)c2ccc(-c3ccccc3)cc2)cc(-c2ccccc2)c1C. The molecule has 4 aromatic carbocycles. The first kappa shape index (κ1) is 24.8. The third-order valence-electron chi connectivity index (χ3n) is 6.42. The van der Waals surface area contributed by atoms with Crippen molar-refractivity contribution in [1.29, 1.82) is 5.41 Å². The molecule has 0 amide bonds. The highest BCUT2D eigenvalue weighted by atomic mass is 14.8. The first-order valence-corrected chi connectivity index (χ1v) is 12.3. The van der Waals surface area contributed by atoms with E-state index in [1.165, 1.54) is 27.8 Å². The first-order chi connectivity index (χ1) is 17.5. The maximum atomic E-state index is 8.67. The minimum atomic E-state index is 0.259. The molecule has 0 saturated heterocycles. The highest BCUT2D eigenvalue weighted by molar-refractivity contribution is 6.11. The maximum Gasteiger partial charge on any atom is 0.152 e. The standard InChI is InChI=1S/C34H32N2/c1-5-13-26(6-2)32-22-31(23-33(24(32)3)29-16-11-8-12-17-29)25(4)36-34(35)30-20-18-28(19-21-30)27-14-9-7-10-15-27/h5-23,35H,1-4H3/b13-5-,26-6+,35-34?,36-25?. The van der Waals surface area contributed by atoms with Crippen LogP contribution in [0.25, 0.3) is 27.8 Å². The Kier molecular flexibility index (Phi) is 7.87. The topological polar surface area (TPSA) is 36.2 Å². The van der Waals surface area contributed by atoms with Gasteiger partial charge < -0.3 is 0 Å². The lowest BCUT2D eigenvalue weighted by Gasteiger charge is -2.16. The highest BCUT2D eigenvalue weighted by Gasteiger charge is 2.13. The number of hydrogen-bond donors (Lipinski definition) is 1. The molecule has 0 radical (unpaired) electrons. The van der Waals surface area contributed by atoms with Crippen LogP contribution < -0.4 is 0 Å². The smallest absolute Gasteiger partial charge is 0.152 e. The summed E-state index contributed by atoms with van der Waals surface area (Å²) in [4.78, 5) is 4.72. The van der Waals surface area contributed by atoms with Gasteiger partial charge in [0.05, 0.1) is 0 Å². The van der Waals surface area contributed by atoms with Crippen LogP contribution in [0.4, 0.5) is 0 Å². The predicted octanol–water partition coefficient (Wildman–Crippen LogP) is 9.14. The summed E-state index contributed by atoms with van der Waals surface area (Å²) in [6, 6.07) is 33.2. The lowest BCUT2D eigenvalue weighted by atomic mass is 9.89. The van der Waals surface area contributed by atoms with Crippen molar-refractivity contribution < 1.29 is 0 Å². The number of aliphatic imine (C=N–C) groups is 1. The van der Waals surface area contributed by atoms with Gasteiger partial charge in [-0.3, -0.25) is 5.41 Å². The predicted molar refractivity (Wildman–Crippen MR) is 156 cm³/mol. The summed E-state index contributed by atoms with van der Waals surface area (Å²) in [5.41, 5.74) is 10.9. The van der Waals surface area contributed by atoms with Crippen LogP contribution in [0.15, 0.2) is 120 Å². The number of rotatable bonds is 6. The van der Waals surface area contributed by atoms with Crippen molar-refractivity contribution in [3.63, 3.8) is 0 Å². The Morgan fingerprint density at radius 1 is 0.722 bits per heavy atom. The Bertz CT molecular complexity index is 1440. The van der Waals surface area contributed by atoms with Crippen molar-refractivity contribution in [2.45, 2.75) is 27.7 Å². The van der Waals surface area contributed by atoms with Crippen molar-refractivity contribution in [3.05, 3.63) is 138 Å². The number of nitrogens with zero attached hydrogens (tertiary/aromatic N) is 1. The number of nitrogens with one attached hydrogen (secondary N) is 1. The summed E-state index contributed by atoms with van der Waals surface area (Å²) in [5, 5.41) is 8.67. The molecule has 4 aromatic rings. The van der Waals surface area contributed by atoms with E-state index in [1.54, 1.807) is 0 Å². The Morgan fingerprint density at radius 3 is 1.89 bits per heavy atom. The zero-order valence-corrected chi connectivity index (χ0v) is 21.4. The van der Waals surface area contributed by atoms with E-state index < -0.39 is 0 Å². The molecule has 2 nitrogen and oxygen atoms in total. The second kappa shape index (κ2) is 11.4. The van der Waals surface area contributed by atoms with Crippen LogP contribution in [0.5, 0.6) is 0 Å². The zero-order chi connectivity index (χ0) is 25.5. The minimum absolute atomic E-state index is 0.259. The lowest BCUT2D eigenvalue weighted by molar-refractivity contribution is 1.38. The van der Waals surface area contributed by atoms with E-state index in [0.717, 1.165) is 28.0 Å². The second-order valence-corrected chi connectivity index (χ2v) is 8.80. The van der Waals surface area contributed by atoms with Gasteiger partial charge in [0.1, 0.15) is 0 Å². The van der Waals surface area contributed by atoms with Crippen LogP contribution in [0.2, 0.25) is 0 Å². The average molecular weight is 469 g/mol. The molecule has 0 aliphatic rings. The summed E-state index contributed by atoms with van der Waals surface area (Å²) in [6.45, 7) is 8.27. The highest BCUT2D eigenvalue weighted by Crippen LogP contribution is 2.32. The molecule has 0 aliphatic heterocycles. The molecule has 0 heterocycles. The molecular formula is C34H32N2. The number of benzene rings is 4. The van der Waals surface area contributed by atoms with E-state index in [2.05, 4.69) is 92.7 Å². The zero-order valence-electron chi connectivity index (χ0n) is 21.4. The second-order valence-electron chi connectivity index (χ2n) is 8.80. The van der Waals surface area contributed by atoms with Crippen LogP contribution in [0, 0.1) is 12.3 Å². The fourth-order valence-electron chi connectivity index (χ4n) is 4.41. The molecule has 0 fully saturated rings. The quantitative estimate of drug-likeness (QED) is 0.166. The minimum Gasteiger partial charge on any atom is -0.282 e. The van der Waals surface area contributed by atoms with Gasteiger partial charge in [-0.05, 0) is 84.3 Å². The molecule has 0 unspecified atom stereocenters.